The number of para-hydroxylation sites is 1. The Labute approximate surface area is 125 Å². The summed E-state index contributed by atoms with van der Waals surface area (Å²) in [6.07, 6.45) is 1.08. The van der Waals surface area contributed by atoms with E-state index >= 15 is 0 Å². The minimum absolute atomic E-state index is 0. The van der Waals surface area contributed by atoms with Crippen LogP contribution in [-0.2, 0) is 9.47 Å². The van der Waals surface area contributed by atoms with E-state index in [0.717, 1.165) is 13.0 Å². The Bertz CT molecular complexity index is 436. The molecule has 1 aromatic rings. The number of nitrogens with two attached hydrogens (primary N) is 1. The van der Waals surface area contributed by atoms with Crippen LogP contribution in [0.2, 0.25) is 0 Å². The third-order valence-corrected chi connectivity index (χ3v) is 3.05. The number of benzene rings is 1. The van der Waals surface area contributed by atoms with Gasteiger partial charge >= 0.3 is 0 Å². The number of amides is 1. The van der Waals surface area contributed by atoms with Gasteiger partial charge < -0.3 is 20.5 Å². The second-order valence-corrected chi connectivity index (χ2v) is 4.78. The minimum Gasteiger partial charge on any atom is -0.398 e. The van der Waals surface area contributed by atoms with Crippen LogP contribution in [0.3, 0.4) is 0 Å². The Morgan fingerprint density at radius 1 is 1.55 bits per heavy atom. The molecular formula is C14H21ClN2O3. The monoisotopic (exact) mass is 300 g/mol. The van der Waals surface area contributed by atoms with Crippen molar-refractivity contribution in [1.82, 2.24) is 5.32 Å². The zero-order chi connectivity index (χ0) is 13.7. The number of ether oxygens (including phenoxy) is 2. The molecule has 0 spiro atoms. The van der Waals surface area contributed by atoms with E-state index < -0.39 is 0 Å². The molecule has 20 heavy (non-hydrogen) atoms. The number of hydrogen-bond donors (Lipinski definition) is 2. The fraction of sp³-hybridized carbons (Fsp3) is 0.500. The summed E-state index contributed by atoms with van der Waals surface area (Å²) >= 11 is 0. The van der Waals surface area contributed by atoms with Gasteiger partial charge in [0.25, 0.3) is 5.91 Å². The predicted molar refractivity (Wildman–Crippen MR) is 80.2 cm³/mol. The van der Waals surface area contributed by atoms with Crippen molar-refractivity contribution >= 4 is 24.0 Å². The number of carbonyl (C=O) groups is 1. The van der Waals surface area contributed by atoms with Crippen LogP contribution in [0.15, 0.2) is 24.3 Å². The van der Waals surface area contributed by atoms with Crippen LogP contribution in [0.5, 0.6) is 0 Å². The SMILES string of the molecule is CC(COC1CCOC1)NC(=O)c1ccccc1N.Cl. The molecule has 1 aromatic carbocycles. The van der Waals surface area contributed by atoms with Crippen LogP contribution in [0.4, 0.5) is 5.69 Å². The van der Waals surface area contributed by atoms with Gasteiger partial charge in [-0.15, -0.1) is 12.4 Å². The molecule has 2 rings (SSSR count). The van der Waals surface area contributed by atoms with Gasteiger partial charge in [0.1, 0.15) is 0 Å². The van der Waals surface area contributed by atoms with Crippen molar-refractivity contribution in [2.45, 2.75) is 25.5 Å². The summed E-state index contributed by atoms with van der Waals surface area (Å²) in [6, 6.07) is 6.96. The average Bonchev–Trinajstić information content (AvgIpc) is 2.90. The maximum atomic E-state index is 12.0. The molecule has 1 fully saturated rings. The second-order valence-electron chi connectivity index (χ2n) is 4.78. The molecule has 0 bridgehead atoms. The lowest BCUT2D eigenvalue weighted by molar-refractivity contribution is 0.0318. The summed E-state index contributed by atoms with van der Waals surface area (Å²) in [5.74, 6) is -0.170. The van der Waals surface area contributed by atoms with Crippen molar-refractivity contribution in [1.29, 1.82) is 0 Å². The summed E-state index contributed by atoms with van der Waals surface area (Å²) in [5.41, 5.74) is 6.74. The zero-order valence-corrected chi connectivity index (χ0v) is 12.3. The third-order valence-electron chi connectivity index (χ3n) is 3.05. The molecule has 1 aliphatic heterocycles. The number of rotatable bonds is 5. The molecule has 2 atom stereocenters. The Kier molecular flexibility index (Phi) is 6.78. The van der Waals surface area contributed by atoms with E-state index in [2.05, 4.69) is 5.32 Å². The van der Waals surface area contributed by atoms with E-state index in [1.54, 1.807) is 24.3 Å². The number of nitrogens with one attached hydrogen (secondary N) is 1. The van der Waals surface area contributed by atoms with Crippen molar-refractivity contribution in [2.75, 3.05) is 25.6 Å². The molecule has 0 aliphatic carbocycles. The van der Waals surface area contributed by atoms with Gasteiger partial charge in [0.05, 0.1) is 24.9 Å². The molecule has 6 heteroatoms. The van der Waals surface area contributed by atoms with E-state index in [9.17, 15) is 4.79 Å². The number of carbonyl (C=O) groups excluding carboxylic acids is 1. The predicted octanol–water partition coefficient (Wildman–Crippen LogP) is 1.61. The van der Waals surface area contributed by atoms with E-state index in [4.69, 9.17) is 15.2 Å². The molecule has 5 nitrogen and oxygen atoms in total. The molecular weight excluding hydrogens is 280 g/mol. The largest absolute Gasteiger partial charge is 0.398 e. The first kappa shape index (κ1) is 16.8. The quantitative estimate of drug-likeness (QED) is 0.810. The lowest BCUT2D eigenvalue weighted by Gasteiger charge is -2.17. The van der Waals surface area contributed by atoms with Gasteiger partial charge in [0, 0.05) is 18.3 Å². The Morgan fingerprint density at radius 2 is 2.30 bits per heavy atom. The maximum absolute atomic E-state index is 12.0. The summed E-state index contributed by atoms with van der Waals surface area (Å²) in [5, 5.41) is 2.88. The topological polar surface area (TPSA) is 73.6 Å². The Hall–Kier alpha value is -1.30. The van der Waals surface area contributed by atoms with Gasteiger partial charge in [0.15, 0.2) is 0 Å². The maximum Gasteiger partial charge on any atom is 0.253 e. The highest BCUT2D eigenvalue weighted by Gasteiger charge is 2.18. The first-order chi connectivity index (χ1) is 9.16. The fourth-order valence-corrected chi connectivity index (χ4v) is 1.97. The van der Waals surface area contributed by atoms with Gasteiger partial charge in [-0.05, 0) is 25.5 Å². The molecule has 1 amide bonds. The second kappa shape index (κ2) is 8.09. The number of anilines is 1. The van der Waals surface area contributed by atoms with Crippen LogP contribution in [0.1, 0.15) is 23.7 Å². The molecule has 1 heterocycles. The zero-order valence-electron chi connectivity index (χ0n) is 11.5. The van der Waals surface area contributed by atoms with Crippen LogP contribution in [0.25, 0.3) is 0 Å². The van der Waals surface area contributed by atoms with Crippen LogP contribution >= 0.6 is 12.4 Å². The number of hydrogen-bond acceptors (Lipinski definition) is 4. The van der Waals surface area contributed by atoms with Gasteiger partial charge in [-0.2, -0.15) is 0 Å². The Morgan fingerprint density at radius 3 is 2.95 bits per heavy atom. The summed E-state index contributed by atoms with van der Waals surface area (Å²) < 4.78 is 10.9. The highest BCUT2D eigenvalue weighted by atomic mass is 35.5. The lowest BCUT2D eigenvalue weighted by Crippen LogP contribution is -2.37. The normalized spacial score (nSPS) is 19.1. The molecule has 112 valence electrons. The molecule has 3 N–H and O–H groups in total. The molecule has 1 aliphatic rings. The molecule has 2 unspecified atom stereocenters. The standard InChI is InChI=1S/C14H20N2O3.ClH/c1-10(8-19-11-6-7-18-9-11)16-14(17)12-4-2-3-5-13(12)15;/h2-5,10-11H,6-9,15H2,1H3,(H,16,17);1H. The summed E-state index contributed by atoms with van der Waals surface area (Å²) in [7, 11) is 0. The molecule has 1 saturated heterocycles. The van der Waals surface area contributed by atoms with E-state index in [0.29, 0.717) is 24.5 Å². The van der Waals surface area contributed by atoms with Gasteiger partial charge in [-0.1, -0.05) is 12.1 Å². The van der Waals surface area contributed by atoms with Gasteiger partial charge in [-0.3, -0.25) is 4.79 Å². The number of halogens is 1. The average molecular weight is 301 g/mol. The van der Waals surface area contributed by atoms with Crippen LogP contribution < -0.4 is 11.1 Å². The lowest BCUT2D eigenvalue weighted by atomic mass is 10.1. The fourth-order valence-electron chi connectivity index (χ4n) is 1.97. The van der Waals surface area contributed by atoms with E-state index in [1.165, 1.54) is 0 Å². The van der Waals surface area contributed by atoms with Crippen LogP contribution in [-0.4, -0.2) is 37.9 Å². The van der Waals surface area contributed by atoms with E-state index in [-0.39, 0.29) is 30.5 Å². The highest BCUT2D eigenvalue weighted by molar-refractivity contribution is 5.99. The third kappa shape index (κ3) is 4.67. The van der Waals surface area contributed by atoms with Crippen LogP contribution in [0, 0.1) is 0 Å². The van der Waals surface area contributed by atoms with Gasteiger partial charge in [-0.25, -0.2) is 0 Å². The first-order valence-corrected chi connectivity index (χ1v) is 6.51. The van der Waals surface area contributed by atoms with Crippen molar-refractivity contribution in [2.24, 2.45) is 0 Å². The highest BCUT2D eigenvalue weighted by Crippen LogP contribution is 2.11. The molecule has 0 aromatic heterocycles. The Balaban J connectivity index is 0.00000200. The van der Waals surface area contributed by atoms with E-state index in [1.807, 2.05) is 6.92 Å². The summed E-state index contributed by atoms with van der Waals surface area (Å²) in [6.45, 7) is 3.79. The van der Waals surface area contributed by atoms with Crippen molar-refractivity contribution < 1.29 is 14.3 Å². The van der Waals surface area contributed by atoms with Crippen molar-refractivity contribution in [3.8, 4) is 0 Å². The first-order valence-electron chi connectivity index (χ1n) is 6.51. The molecule has 0 radical (unpaired) electrons. The minimum atomic E-state index is -0.170. The van der Waals surface area contributed by atoms with Crippen molar-refractivity contribution in [3.63, 3.8) is 0 Å². The molecule has 0 saturated carbocycles. The number of nitrogen functional groups attached to an aromatic ring is 1. The smallest absolute Gasteiger partial charge is 0.253 e. The summed E-state index contributed by atoms with van der Waals surface area (Å²) in [4.78, 5) is 12.0. The van der Waals surface area contributed by atoms with Crippen molar-refractivity contribution in [3.05, 3.63) is 29.8 Å². The van der Waals surface area contributed by atoms with Gasteiger partial charge in [0.2, 0.25) is 0 Å².